The molecule has 5 aliphatic heterocycles. The predicted octanol–water partition coefficient (Wildman–Crippen LogP) is -0.597. The Morgan fingerprint density at radius 1 is 0.688 bits per heavy atom. The number of carboxylic acid groups (broad SMARTS) is 1. The molecule has 27 heteroatoms. The summed E-state index contributed by atoms with van der Waals surface area (Å²) in [4.78, 5) is 113. The third kappa shape index (κ3) is 11.9. The molecule has 420 valence electrons. The van der Waals surface area contributed by atoms with Gasteiger partial charge in [-0.1, -0.05) is 55.2 Å². The molecule has 5 aromatic rings. The van der Waals surface area contributed by atoms with Gasteiger partial charge in [0.1, 0.15) is 82.7 Å². The highest BCUT2D eigenvalue weighted by Crippen LogP contribution is 2.47. The first kappa shape index (κ1) is 57.3. The lowest BCUT2D eigenvalue weighted by Crippen LogP contribution is -2.89. The van der Waals surface area contributed by atoms with Crippen molar-refractivity contribution in [2.45, 2.75) is 81.2 Å². The number of nitrogens with two attached hydrogens (primary N) is 2. The Balaban J connectivity index is 1.36. The van der Waals surface area contributed by atoms with Crippen LogP contribution in [0.5, 0.6) is 46.0 Å². The van der Waals surface area contributed by atoms with Gasteiger partial charge in [-0.15, -0.1) is 0 Å². The van der Waals surface area contributed by atoms with E-state index in [1.807, 2.05) is 13.8 Å². The number of phenols is 3. The number of aliphatic hydroxyl groups excluding tert-OH is 2. The highest BCUT2D eigenvalue weighted by Gasteiger charge is 2.41. The molecule has 0 spiro atoms. The number of halogens is 2. The van der Waals surface area contributed by atoms with Crippen molar-refractivity contribution < 1.29 is 88.9 Å². The molecule has 0 aliphatic carbocycles. The normalized spacial score (nSPS) is 22.4. The van der Waals surface area contributed by atoms with E-state index in [1.165, 1.54) is 12.1 Å². The van der Waals surface area contributed by atoms with Crippen LogP contribution in [0.25, 0.3) is 11.1 Å². The molecule has 5 aromatic carbocycles. The number of primary amides is 1. The third-order valence-electron chi connectivity index (χ3n) is 13.4. The Morgan fingerprint density at radius 2 is 1.26 bits per heavy atom. The van der Waals surface area contributed by atoms with E-state index in [-0.39, 0.29) is 44.2 Å². The number of rotatable bonds is 8. The maximum Gasteiger partial charge on any atom is 0.278 e. The standard InChI is InChI=1S/C53H52Cl2N8O17/c1-19(2)10-29(57-3)47(71)62-42-44(68)21-5-8-33(27(54)12-21)79-35-14-23-15-36(46(35)70)80-34-9-6-22(13-28(34)55)45(69)43-52(76)61-41(53(77)78)26-16-24(64)17-32(66)38(26)25-11-20(4-7-31(25)65)39(49(73)63-43)60-50(74)40(23)59-48(72)30(18-37(56)67)58-51(42)75/h4-9,11-17,19,29-30,39-45,57,64-66,68-70H,10,18H2,1-3H3,(H2,56,67)(H,58,75)(H,59,72)(H,60,74)(H,61,76)(H,62,71)(H,63,73)(H,77,78)/p-1/t29-,30+,39-,40-,41+,42-,43+,44-,45-/m1/s1. The van der Waals surface area contributed by atoms with Crippen molar-refractivity contribution in [3.05, 3.63) is 117 Å². The Kier molecular flexibility index (Phi) is 16.6. The van der Waals surface area contributed by atoms with Crippen LogP contribution >= 0.6 is 23.2 Å². The van der Waals surface area contributed by atoms with Crippen molar-refractivity contribution in [2.75, 3.05) is 7.05 Å². The summed E-state index contributed by atoms with van der Waals surface area (Å²) in [6, 6.07) is 0.0711. The molecule has 0 saturated heterocycles. The largest absolute Gasteiger partial charge is 0.867 e. The topological polar surface area (TPSA) is 417 Å². The molecular weight excluding hydrogens is 1090 g/mol. The van der Waals surface area contributed by atoms with Gasteiger partial charge in [0.05, 0.1) is 35.5 Å². The van der Waals surface area contributed by atoms with Gasteiger partial charge in [-0.05, 0) is 94.1 Å². The zero-order valence-electron chi connectivity index (χ0n) is 42.2. The van der Waals surface area contributed by atoms with Crippen LogP contribution in [0.2, 0.25) is 10.0 Å². The number of amides is 7. The van der Waals surface area contributed by atoms with Gasteiger partial charge in [-0.25, -0.2) is 0 Å². The molecule has 0 unspecified atom stereocenters. The fourth-order valence-corrected chi connectivity index (χ4v) is 9.86. The van der Waals surface area contributed by atoms with Gasteiger partial charge >= 0.3 is 0 Å². The Morgan fingerprint density at radius 3 is 1.84 bits per heavy atom. The molecule has 5 heterocycles. The van der Waals surface area contributed by atoms with Crippen LogP contribution in [-0.4, -0.2) is 104 Å². The summed E-state index contributed by atoms with van der Waals surface area (Å²) >= 11 is 13.4. The van der Waals surface area contributed by atoms with E-state index in [0.717, 1.165) is 66.7 Å². The zero-order valence-corrected chi connectivity index (χ0v) is 43.8. The first-order valence-electron chi connectivity index (χ1n) is 24.5. The molecule has 0 radical (unpaired) electrons. The summed E-state index contributed by atoms with van der Waals surface area (Å²) in [5.41, 5.74) is 3.05. The number of aliphatic hydroxyl groups is 2. The number of phenolic OH excluding ortho intramolecular Hbond substituents is 3. The number of hydrogen-bond acceptors (Lipinski definition) is 17. The van der Waals surface area contributed by atoms with E-state index in [1.54, 1.807) is 12.4 Å². The summed E-state index contributed by atoms with van der Waals surface area (Å²) in [5, 5.41) is 99.5. The highest BCUT2D eigenvalue weighted by atomic mass is 35.5. The van der Waals surface area contributed by atoms with Crippen LogP contribution in [0.3, 0.4) is 0 Å². The summed E-state index contributed by atoms with van der Waals surface area (Å²) in [6.45, 7) is 3.71. The zero-order chi connectivity index (χ0) is 58.2. The molecule has 0 saturated carbocycles. The second-order valence-corrected chi connectivity index (χ2v) is 20.3. The highest BCUT2D eigenvalue weighted by molar-refractivity contribution is 6.32. The minimum absolute atomic E-state index is 0.0101. The van der Waals surface area contributed by atoms with Crippen LogP contribution in [0.15, 0.2) is 78.9 Å². The van der Waals surface area contributed by atoms with E-state index in [2.05, 4.69) is 31.9 Å². The van der Waals surface area contributed by atoms with Crippen LogP contribution in [0, 0.1) is 5.92 Å². The molecule has 15 N–H and O–H groups in total. The van der Waals surface area contributed by atoms with Crippen LogP contribution in [0.1, 0.15) is 84.8 Å². The van der Waals surface area contributed by atoms with E-state index in [4.69, 9.17) is 38.4 Å². The first-order chi connectivity index (χ1) is 37.8. The van der Waals surface area contributed by atoms with Crippen molar-refractivity contribution in [1.29, 1.82) is 0 Å². The van der Waals surface area contributed by atoms with Gasteiger partial charge in [0, 0.05) is 23.6 Å². The number of aliphatic carboxylic acids is 1. The van der Waals surface area contributed by atoms with Gasteiger partial charge in [-0.3, -0.25) is 33.6 Å². The van der Waals surface area contributed by atoms with Gasteiger partial charge in [0.2, 0.25) is 35.4 Å². The smallest absolute Gasteiger partial charge is 0.278 e. The number of carbonyl (C=O) groups is 8. The average molecular weight is 1140 g/mol. The number of ether oxygens (including phenoxy) is 2. The Hall–Kier alpha value is -8.88. The number of likely N-dealkylation sites (N-methyl/N-ethyl adjacent to an activating group) is 1. The molecule has 0 fully saturated rings. The second kappa shape index (κ2) is 23.2. The molecule has 80 heavy (non-hydrogen) atoms. The van der Waals surface area contributed by atoms with Crippen molar-refractivity contribution in [1.82, 2.24) is 31.9 Å². The van der Waals surface area contributed by atoms with Gasteiger partial charge in [0.25, 0.3) is 5.91 Å². The Labute approximate surface area is 463 Å². The van der Waals surface area contributed by atoms with E-state index in [9.17, 15) is 69.3 Å². The maximum atomic E-state index is 15.3. The maximum absolute atomic E-state index is 15.3. The number of carbonyl (C=O) groups excluding carboxylic acids is 8. The minimum atomic E-state index is -2.29. The number of benzene rings is 5. The van der Waals surface area contributed by atoms with Crippen LogP contribution in [-0.2, 0) is 38.4 Å². The summed E-state index contributed by atoms with van der Waals surface area (Å²) < 4.78 is 12.1. The molecule has 11 bridgehead atoms. The molecule has 10 rings (SSSR count). The van der Waals surface area contributed by atoms with Crippen LogP contribution in [0.4, 0.5) is 0 Å². The van der Waals surface area contributed by atoms with Crippen molar-refractivity contribution in [3.63, 3.8) is 0 Å². The lowest BCUT2D eigenvalue weighted by Gasteiger charge is -2.32. The quantitative estimate of drug-likeness (QED) is 0.0923. The number of aromatic hydroxyl groups is 3. The lowest BCUT2D eigenvalue weighted by atomic mass is 9.89. The minimum Gasteiger partial charge on any atom is -0.867 e. The number of nitrogens with one attached hydrogen (secondary N) is 6. The predicted molar refractivity (Wildman–Crippen MR) is 274 cm³/mol. The van der Waals surface area contributed by atoms with E-state index >= 15 is 4.79 Å². The number of fused-ring (bicyclic) bond motifs is 15. The van der Waals surface area contributed by atoms with Crippen molar-refractivity contribution in [3.8, 4) is 57.1 Å². The van der Waals surface area contributed by atoms with Crippen LogP contribution < -0.4 is 62.6 Å². The summed E-state index contributed by atoms with van der Waals surface area (Å²) in [6.07, 6.45) is -4.76. The number of quaternary nitrogens is 1. The molecule has 25 nitrogen and oxygen atoms in total. The molecule has 7 amide bonds. The van der Waals surface area contributed by atoms with E-state index in [0.29, 0.717) is 6.42 Å². The number of hydrogen-bond donors (Lipinski definition) is 13. The SMILES string of the molecule is C[NH2+][C@H](CC(C)C)C(=O)N[C@H]1C(=O)N[C@@H](CC(N)=O)C(=O)N[C@H]2C(=O)N[C@H]3C(=O)N[C@H](C(=O)N[C@H](C(=O)[O-])c4cc(O)cc(O)c4-c4cc3ccc4O)[C@H](O)c3ccc(c(Cl)c3)Oc3cc2cc(c3[O-])Oc2ccc(cc2Cl)[C@H]1O. The summed E-state index contributed by atoms with van der Waals surface area (Å²) in [5.74, 6) is -15.9. The first-order valence-corrected chi connectivity index (χ1v) is 25.2. The van der Waals surface area contributed by atoms with E-state index < -0.39 is 165 Å². The van der Waals surface area contributed by atoms with Gasteiger partial charge < -0.3 is 93.0 Å². The summed E-state index contributed by atoms with van der Waals surface area (Å²) in [7, 11) is 1.62. The molecule has 5 aliphatic rings. The third-order valence-corrected chi connectivity index (χ3v) is 14.0. The fraction of sp³-hybridized carbons (Fsp3) is 0.283. The monoisotopic (exact) mass is 1140 g/mol. The second-order valence-electron chi connectivity index (χ2n) is 19.4. The van der Waals surface area contributed by atoms with Crippen molar-refractivity contribution >= 4 is 70.5 Å². The lowest BCUT2D eigenvalue weighted by molar-refractivity contribution is -0.651. The fourth-order valence-electron chi connectivity index (χ4n) is 9.40. The van der Waals surface area contributed by atoms with Gasteiger partial charge in [0.15, 0.2) is 6.04 Å². The molecular formula is C53H51Cl2N8O17-. The molecule has 0 aromatic heterocycles. The van der Waals surface area contributed by atoms with Crippen molar-refractivity contribution in [2.24, 2.45) is 11.7 Å². The average Bonchev–Trinajstić information content (AvgIpc) is 3.39. The van der Waals surface area contributed by atoms with Gasteiger partial charge in [-0.2, -0.15) is 0 Å². The molecule has 9 atom stereocenters. The Bertz CT molecular complexity index is 3380. The number of carboxylic acids is 1.